The molecule has 0 radical (unpaired) electrons. The number of hydrogen-bond acceptors (Lipinski definition) is 6. The van der Waals surface area contributed by atoms with Crippen LogP contribution in [0, 0.1) is 0 Å². The smallest absolute Gasteiger partial charge is 0.262 e. The minimum absolute atomic E-state index is 0.106. The number of carbonyl (C=O) groups excluding carboxylic acids is 4. The van der Waals surface area contributed by atoms with Gasteiger partial charge in [0.15, 0.2) is 0 Å². The van der Waals surface area contributed by atoms with Crippen LogP contribution >= 0.6 is 0 Å². The van der Waals surface area contributed by atoms with E-state index in [4.69, 9.17) is 0 Å². The molecular weight excluding hydrogens is 408 g/mol. The Morgan fingerprint density at radius 2 is 1.62 bits per heavy atom. The highest BCUT2D eigenvalue weighted by Gasteiger charge is 2.44. The predicted octanol–water partition coefficient (Wildman–Crippen LogP) is 1.16. The summed E-state index contributed by atoms with van der Waals surface area (Å²) in [4.78, 5) is 53.0. The number of piperazine rings is 1. The average molecular weight is 432 g/mol. The van der Waals surface area contributed by atoms with Gasteiger partial charge in [0.25, 0.3) is 11.8 Å². The SMILES string of the molecule is O=C1CCC(N2C(=O)c3ccc(-c4cccc(CN5CCNCC5)c4)cc3C2=O)C(=O)N1. The summed E-state index contributed by atoms with van der Waals surface area (Å²) < 4.78 is 0. The van der Waals surface area contributed by atoms with E-state index >= 15 is 0 Å². The monoisotopic (exact) mass is 432 g/mol. The number of carbonyl (C=O) groups is 4. The Kier molecular flexibility index (Phi) is 5.32. The van der Waals surface area contributed by atoms with Crippen molar-refractivity contribution in [2.45, 2.75) is 25.4 Å². The zero-order valence-electron chi connectivity index (χ0n) is 17.6. The molecule has 0 saturated carbocycles. The van der Waals surface area contributed by atoms with Crippen LogP contribution in [0.5, 0.6) is 0 Å². The van der Waals surface area contributed by atoms with Crippen LogP contribution < -0.4 is 10.6 Å². The Balaban J connectivity index is 1.40. The molecule has 2 saturated heterocycles. The number of hydrogen-bond donors (Lipinski definition) is 2. The molecule has 2 N–H and O–H groups in total. The first kappa shape index (κ1) is 20.5. The maximum absolute atomic E-state index is 13.1. The molecule has 2 aromatic rings. The highest BCUT2D eigenvalue weighted by Crippen LogP contribution is 2.31. The zero-order chi connectivity index (χ0) is 22.2. The summed E-state index contributed by atoms with van der Waals surface area (Å²) in [5.41, 5.74) is 3.60. The molecule has 0 aliphatic carbocycles. The number of amides is 4. The molecule has 2 aromatic carbocycles. The van der Waals surface area contributed by atoms with Crippen LogP contribution in [0.15, 0.2) is 42.5 Å². The van der Waals surface area contributed by atoms with Gasteiger partial charge >= 0.3 is 0 Å². The van der Waals surface area contributed by atoms with Crippen molar-refractivity contribution in [3.05, 3.63) is 59.2 Å². The van der Waals surface area contributed by atoms with E-state index in [0.29, 0.717) is 11.1 Å². The van der Waals surface area contributed by atoms with Crippen LogP contribution in [0.4, 0.5) is 0 Å². The van der Waals surface area contributed by atoms with Crippen molar-refractivity contribution < 1.29 is 19.2 Å². The largest absolute Gasteiger partial charge is 0.314 e. The number of rotatable bonds is 4. The topological polar surface area (TPSA) is 98.8 Å². The van der Waals surface area contributed by atoms with E-state index < -0.39 is 23.8 Å². The Bertz CT molecular complexity index is 1120. The maximum atomic E-state index is 13.1. The van der Waals surface area contributed by atoms with Gasteiger partial charge < -0.3 is 5.32 Å². The summed E-state index contributed by atoms with van der Waals surface area (Å²) in [7, 11) is 0. The van der Waals surface area contributed by atoms with Crippen LogP contribution in [-0.2, 0) is 16.1 Å². The van der Waals surface area contributed by atoms with Crippen LogP contribution in [0.25, 0.3) is 11.1 Å². The van der Waals surface area contributed by atoms with Crippen molar-refractivity contribution in [2.75, 3.05) is 26.2 Å². The lowest BCUT2D eigenvalue weighted by atomic mass is 9.98. The van der Waals surface area contributed by atoms with E-state index in [1.807, 2.05) is 18.2 Å². The molecule has 8 nitrogen and oxygen atoms in total. The third-order valence-electron chi connectivity index (χ3n) is 6.32. The van der Waals surface area contributed by atoms with Gasteiger partial charge in [-0.25, -0.2) is 0 Å². The second-order valence-corrected chi connectivity index (χ2v) is 8.43. The van der Waals surface area contributed by atoms with Crippen molar-refractivity contribution >= 4 is 23.6 Å². The maximum Gasteiger partial charge on any atom is 0.262 e. The van der Waals surface area contributed by atoms with Gasteiger partial charge in [0.1, 0.15) is 6.04 Å². The van der Waals surface area contributed by atoms with Gasteiger partial charge in [0, 0.05) is 39.1 Å². The second kappa shape index (κ2) is 8.29. The molecule has 0 spiro atoms. The first-order valence-electron chi connectivity index (χ1n) is 10.9. The summed E-state index contributed by atoms with van der Waals surface area (Å²) in [5.74, 6) is -1.96. The van der Waals surface area contributed by atoms with Crippen molar-refractivity contribution in [3.8, 4) is 11.1 Å². The predicted molar refractivity (Wildman–Crippen MR) is 117 cm³/mol. The molecule has 5 rings (SSSR count). The quantitative estimate of drug-likeness (QED) is 0.704. The molecule has 0 bridgehead atoms. The van der Waals surface area contributed by atoms with Gasteiger partial charge in [0.05, 0.1) is 11.1 Å². The summed E-state index contributed by atoms with van der Waals surface area (Å²) in [6, 6.07) is 12.5. The number of nitrogens with one attached hydrogen (secondary N) is 2. The zero-order valence-corrected chi connectivity index (χ0v) is 17.6. The van der Waals surface area contributed by atoms with E-state index in [1.165, 1.54) is 5.56 Å². The van der Waals surface area contributed by atoms with E-state index in [1.54, 1.807) is 12.1 Å². The van der Waals surface area contributed by atoms with Gasteiger partial charge in [-0.3, -0.25) is 34.3 Å². The third kappa shape index (κ3) is 3.72. The fourth-order valence-electron chi connectivity index (χ4n) is 4.63. The number of benzene rings is 2. The normalized spacial score (nSPS) is 21.6. The lowest BCUT2D eigenvalue weighted by Crippen LogP contribution is -2.54. The third-order valence-corrected chi connectivity index (χ3v) is 6.32. The molecule has 32 heavy (non-hydrogen) atoms. The van der Waals surface area contributed by atoms with Crippen LogP contribution in [0.3, 0.4) is 0 Å². The van der Waals surface area contributed by atoms with Gasteiger partial charge in [-0.15, -0.1) is 0 Å². The highest BCUT2D eigenvalue weighted by atomic mass is 16.2. The number of nitrogens with zero attached hydrogens (tertiary/aromatic N) is 2. The Labute approximate surface area is 185 Å². The minimum Gasteiger partial charge on any atom is -0.314 e. The number of piperidine rings is 1. The molecular formula is C24H24N4O4. The molecule has 1 unspecified atom stereocenters. The fourth-order valence-corrected chi connectivity index (χ4v) is 4.63. The molecule has 3 aliphatic heterocycles. The van der Waals surface area contributed by atoms with Gasteiger partial charge in [-0.2, -0.15) is 0 Å². The Hall–Kier alpha value is -3.36. The van der Waals surface area contributed by atoms with Crippen molar-refractivity contribution in [2.24, 2.45) is 0 Å². The highest BCUT2D eigenvalue weighted by molar-refractivity contribution is 6.23. The minimum atomic E-state index is -0.953. The van der Waals surface area contributed by atoms with Crippen molar-refractivity contribution in [1.29, 1.82) is 0 Å². The van der Waals surface area contributed by atoms with Crippen molar-refractivity contribution in [3.63, 3.8) is 0 Å². The standard InChI is InChI=1S/C24H24N4O4/c29-21-7-6-20(22(30)26-21)28-23(31)18-5-4-17(13-19(18)24(28)32)16-3-1-2-15(12-16)14-27-10-8-25-9-11-27/h1-5,12-13,20,25H,6-11,14H2,(H,26,29,30). The Morgan fingerprint density at radius 3 is 2.41 bits per heavy atom. The average Bonchev–Trinajstić information content (AvgIpc) is 3.04. The first-order valence-corrected chi connectivity index (χ1v) is 10.9. The van der Waals surface area contributed by atoms with Crippen LogP contribution in [0.2, 0.25) is 0 Å². The summed E-state index contributed by atoms with van der Waals surface area (Å²) in [6.07, 6.45) is 0.256. The molecule has 3 heterocycles. The molecule has 4 amide bonds. The molecule has 164 valence electrons. The lowest BCUT2D eigenvalue weighted by molar-refractivity contribution is -0.136. The summed E-state index contributed by atoms with van der Waals surface area (Å²) >= 11 is 0. The van der Waals surface area contributed by atoms with Gasteiger partial charge in [0.2, 0.25) is 11.8 Å². The molecule has 1 atom stereocenters. The van der Waals surface area contributed by atoms with Crippen LogP contribution in [0.1, 0.15) is 39.1 Å². The van der Waals surface area contributed by atoms with E-state index in [-0.39, 0.29) is 18.7 Å². The van der Waals surface area contributed by atoms with E-state index in [0.717, 1.165) is 48.8 Å². The molecule has 2 fully saturated rings. The number of fused-ring (bicyclic) bond motifs is 1. The van der Waals surface area contributed by atoms with Crippen molar-refractivity contribution in [1.82, 2.24) is 20.4 Å². The summed E-state index contributed by atoms with van der Waals surface area (Å²) in [6.45, 7) is 4.86. The summed E-state index contributed by atoms with van der Waals surface area (Å²) in [5, 5.41) is 5.57. The van der Waals surface area contributed by atoms with E-state index in [2.05, 4.69) is 27.7 Å². The molecule has 0 aromatic heterocycles. The second-order valence-electron chi connectivity index (χ2n) is 8.43. The Morgan fingerprint density at radius 1 is 0.875 bits per heavy atom. The lowest BCUT2D eigenvalue weighted by Gasteiger charge is -2.27. The van der Waals surface area contributed by atoms with E-state index in [9.17, 15) is 19.2 Å². The molecule has 3 aliphatic rings. The number of imide groups is 2. The fraction of sp³-hybridized carbons (Fsp3) is 0.333. The molecule has 8 heteroatoms. The van der Waals surface area contributed by atoms with Gasteiger partial charge in [-0.1, -0.05) is 24.3 Å². The van der Waals surface area contributed by atoms with Crippen LogP contribution in [-0.4, -0.2) is 65.6 Å². The first-order chi connectivity index (χ1) is 15.5. The van der Waals surface area contributed by atoms with Gasteiger partial charge in [-0.05, 0) is 41.3 Å².